The van der Waals surface area contributed by atoms with Gasteiger partial charge in [-0.25, -0.2) is 14.4 Å². The van der Waals surface area contributed by atoms with Crippen LogP contribution in [0.3, 0.4) is 0 Å². The largest absolute Gasteiger partial charge is 0.356 e. The summed E-state index contributed by atoms with van der Waals surface area (Å²) >= 11 is 1.61. The molecule has 0 spiro atoms. The van der Waals surface area contributed by atoms with Crippen molar-refractivity contribution in [3.05, 3.63) is 71.4 Å². The number of hydrogen-bond donors (Lipinski definition) is 0. The van der Waals surface area contributed by atoms with Gasteiger partial charge in [-0.05, 0) is 44.2 Å². The van der Waals surface area contributed by atoms with Crippen molar-refractivity contribution in [2.45, 2.75) is 24.6 Å². The Labute approximate surface area is 154 Å². The maximum absolute atomic E-state index is 13.1. The van der Waals surface area contributed by atoms with Gasteiger partial charge in [0, 0.05) is 22.3 Å². The summed E-state index contributed by atoms with van der Waals surface area (Å²) in [5.41, 5.74) is 3.57. The lowest BCUT2D eigenvalue weighted by molar-refractivity contribution is 0.426. The lowest BCUT2D eigenvalue weighted by atomic mass is 10.1. The van der Waals surface area contributed by atoms with Crippen molar-refractivity contribution in [2.75, 3.05) is 0 Å². The topological polar surface area (TPSA) is 51.8 Å². The van der Waals surface area contributed by atoms with E-state index >= 15 is 0 Å². The van der Waals surface area contributed by atoms with Gasteiger partial charge in [0.05, 0.1) is 11.2 Å². The zero-order valence-corrected chi connectivity index (χ0v) is 15.2. The van der Waals surface area contributed by atoms with E-state index in [1.54, 1.807) is 23.9 Å². The molecular weight excluding hydrogens is 349 g/mol. The van der Waals surface area contributed by atoms with E-state index in [-0.39, 0.29) is 5.82 Å². The van der Waals surface area contributed by atoms with Gasteiger partial charge in [0.25, 0.3) is 0 Å². The number of aromatic nitrogens is 3. The second kappa shape index (κ2) is 6.88. The molecule has 2 aromatic carbocycles. The standard InChI is InChI=1S/C20H16FN3OS/c1-12-18(24-25-19(12)14-7-9-15(21)10-8-14)11-26-20-16-5-3-4-6-17(16)22-13(2)23-20/h3-10H,11H2,1-2H3. The summed E-state index contributed by atoms with van der Waals surface area (Å²) in [6.45, 7) is 3.86. The summed E-state index contributed by atoms with van der Waals surface area (Å²) < 4.78 is 18.6. The summed E-state index contributed by atoms with van der Waals surface area (Å²) in [7, 11) is 0. The van der Waals surface area contributed by atoms with Gasteiger partial charge >= 0.3 is 0 Å². The summed E-state index contributed by atoms with van der Waals surface area (Å²) in [4.78, 5) is 9.04. The third-order valence-corrected chi connectivity index (χ3v) is 5.16. The van der Waals surface area contributed by atoms with Crippen molar-refractivity contribution in [3.63, 3.8) is 0 Å². The number of benzene rings is 2. The Morgan fingerprint density at radius 1 is 1.00 bits per heavy atom. The first kappa shape index (κ1) is 16.7. The molecule has 0 saturated carbocycles. The van der Waals surface area contributed by atoms with Gasteiger partial charge in [-0.15, -0.1) is 0 Å². The summed E-state index contributed by atoms with van der Waals surface area (Å²) in [5, 5.41) is 6.16. The van der Waals surface area contributed by atoms with Crippen molar-refractivity contribution in [2.24, 2.45) is 0 Å². The van der Waals surface area contributed by atoms with Gasteiger partial charge in [0.2, 0.25) is 0 Å². The molecule has 2 heterocycles. The highest BCUT2D eigenvalue weighted by Gasteiger charge is 2.15. The van der Waals surface area contributed by atoms with Crippen LogP contribution in [-0.4, -0.2) is 15.1 Å². The van der Waals surface area contributed by atoms with E-state index in [2.05, 4.69) is 15.1 Å². The number of halogens is 1. The Morgan fingerprint density at radius 2 is 1.77 bits per heavy atom. The highest BCUT2D eigenvalue weighted by atomic mass is 32.2. The van der Waals surface area contributed by atoms with Gasteiger partial charge in [-0.1, -0.05) is 35.1 Å². The van der Waals surface area contributed by atoms with Gasteiger partial charge in [0.1, 0.15) is 16.7 Å². The molecule has 4 nitrogen and oxygen atoms in total. The SMILES string of the molecule is Cc1nc(SCc2noc(-c3ccc(F)cc3)c2C)c2ccccc2n1. The van der Waals surface area contributed by atoms with Crippen molar-refractivity contribution in [3.8, 4) is 11.3 Å². The Balaban J connectivity index is 1.61. The molecule has 2 aromatic heterocycles. The molecule has 4 rings (SSSR count). The minimum atomic E-state index is -0.271. The van der Waals surface area contributed by atoms with Crippen LogP contribution in [0.5, 0.6) is 0 Å². The molecule has 0 radical (unpaired) electrons. The predicted octanol–water partition coefficient (Wildman–Crippen LogP) is 5.33. The first-order chi connectivity index (χ1) is 12.6. The molecule has 0 atom stereocenters. The summed E-state index contributed by atoms with van der Waals surface area (Å²) in [6, 6.07) is 14.2. The maximum Gasteiger partial charge on any atom is 0.170 e. The van der Waals surface area contributed by atoms with Gasteiger partial charge in [0.15, 0.2) is 5.76 Å². The van der Waals surface area contributed by atoms with Gasteiger partial charge in [-0.3, -0.25) is 0 Å². The minimum Gasteiger partial charge on any atom is -0.356 e. The second-order valence-electron chi connectivity index (χ2n) is 5.97. The van der Waals surface area contributed by atoms with Crippen LogP contribution in [0.25, 0.3) is 22.2 Å². The number of hydrogen-bond acceptors (Lipinski definition) is 5. The minimum absolute atomic E-state index is 0.271. The molecule has 130 valence electrons. The zero-order valence-electron chi connectivity index (χ0n) is 14.4. The number of thioether (sulfide) groups is 1. The summed E-state index contributed by atoms with van der Waals surface area (Å²) in [5.74, 6) is 1.78. The van der Waals surface area contributed by atoms with Crippen LogP contribution >= 0.6 is 11.8 Å². The fraction of sp³-hybridized carbons (Fsp3) is 0.150. The molecular formula is C20H16FN3OS. The lowest BCUT2D eigenvalue weighted by Gasteiger charge is -2.05. The predicted molar refractivity (Wildman–Crippen MR) is 100 cm³/mol. The Morgan fingerprint density at radius 3 is 2.58 bits per heavy atom. The smallest absolute Gasteiger partial charge is 0.170 e. The fourth-order valence-corrected chi connectivity index (χ4v) is 3.85. The van der Waals surface area contributed by atoms with Crippen molar-refractivity contribution >= 4 is 22.7 Å². The molecule has 0 aliphatic carbocycles. The van der Waals surface area contributed by atoms with Crippen molar-refractivity contribution in [1.82, 2.24) is 15.1 Å². The van der Waals surface area contributed by atoms with Crippen molar-refractivity contribution < 1.29 is 8.91 Å². The Hall–Kier alpha value is -2.73. The molecule has 0 bridgehead atoms. The van der Waals surface area contributed by atoms with Crippen LogP contribution in [0, 0.1) is 19.7 Å². The number of fused-ring (bicyclic) bond motifs is 1. The Kier molecular flexibility index (Phi) is 4.42. The average Bonchev–Trinajstić information content (AvgIpc) is 3.01. The van der Waals surface area contributed by atoms with E-state index in [1.807, 2.05) is 38.1 Å². The number of aryl methyl sites for hydroxylation is 1. The average molecular weight is 365 g/mol. The van der Waals surface area contributed by atoms with E-state index in [4.69, 9.17) is 4.52 Å². The van der Waals surface area contributed by atoms with Crippen molar-refractivity contribution in [1.29, 1.82) is 0 Å². The second-order valence-corrected chi connectivity index (χ2v) is 6.94. The molecule has 4 aromatic rings. The first-order valence-corrected chi connectivity index (χ1v) is 9.17. The number of rotatable bonds is 4. The lowest BCUT2D eigenvalue weighted by Crippen LogP contribution is -1.93. The number of para-hydroxylation sites is 1. The van der Waals surface area contributed by atoms with Crippen LogP contribution in [-0.2, 0) is 5.75 Å². The van der Waals surface area contributed by atoms with Crippen LogP contribution in [0.1, 0.15) is 17.1 Å². The molecule has 0 aliphatic rings. The van der Waals surface area contributed by atoms with E-state index in [1.165, 1.54) is 12.1 Å². The monoisotopic (exact) mass is 365 g/mol. The van der Waals surface area contributed by atoms with E-state index in [9.17, 15) is 4.39 Å². The highest BCUT2D eigenvalue weighted by molar-refractivity contribution is 7.98. The molecule has 6 heteroatoms. The molecule has 26 heavy (non-hydrogen) atoms. The number of nitrogens with zero attached hydrogens (tertiary/aromatic N) is 3. The van der Waals surface area contributed by atoms with Crippen LogP contribution in [0.15, 0.2) is 58.1 Å². The maximum atomic E-state index is 13.1. The summed E-state index contributed by atoms with van der Waals surface area (Å²) in [6.07, 6.45) is 0. The molecule has 0 saturated heterocycles. The molecule has 0 amide bonds. The van der Waals surface area contributed by atoms with Crippen LogP contribution in [0.4, 0.5) is 4.39 Å². The van der Waals surface area contributed by atoms with Crippen LogP contribution < -0.4 is 0 Å². The molecule has 0 N–H and O–H groups in total. The Bertz CT molecular complexity index is 1080. The zero-order chi connectivity index (χ0) is 18.1. The van der Waals surface area contributed by atoms with Gasteiger partial charge < -0.3 is 4.52 Å². The molecule has 0 unspecified atom stereocenters. The molecule has 0 fully saturated rings. The first-order valence-electron chi connectivity index (χ1n) is 8.19. The third kappa shape index (κ3) is 3.20. The van der Waals surface area contributed by atoms with E-state index in [0.717, 1.165) is 38.6 Å². The highest BCUT2D eigenvalue weighted by Crippen LogP contribution is 2.32. The fourth-order valence-electron chi connectivity index (χ4n) is 2.78. The van der Waals surface area contributed by atoms with E-state index in [0.29, 0.717) is 11.5 Å². The molecule has 0 aliphatic heterocycles. The third-order valence-electron chi connectivity index (χ3n) is 4.15. The van der Waals surface area contributed by atoms with E-state index < -0.39 is 0 Å². The normalized spacial score (nSPS) is 11.2. The quantitative estimate of drug-likeness (QED) is 0.361. The van der Waals surface area contributed by atoms with Crippen LogP contribution in [0.2, 0.25) is 0 Å². The van der Waals surface area contributed by atoms with Gasteiger partial charge in [-0.2, -0.15) is 0 Å².